The van der Waals surface area contributed by atoms with Crippen molar-refractivity contribution in [2.45, 2.75) is 33.6 Å². The minimum atomic E-state index is 0.193. The summed E-state index contributed by atoms with van der Waals surface area (Å²) in [5.41, 5.74) is 1.91. The normalized spacial score (nSPS) is 28.7. The van der Waals surface area contributed by atoms with E-state index >= 15 is 0 Å². The van der Waals surface area contributed by atoms with Crippen LogP contribution in [0.15, 0.2) is 11.6 Å². The molecule has 1 N–H and O–H groups in total. The molecule has 1 aliphatic rings. The number of rotatable bonds is 3. The molecule has 0 aromatic rings. The van der Waals surface area contributed by atoms with Crippen LogP contribution >= 0.6 is 0 Å². The first-order valence-electron chi connectivity index (χ1n) is 4.33. The van der Waals surface area contributed by atoms with E-state index < -0.39 is 0 Å². The summed E-state index contributed by atoms with van der Waals surface area (Å²) in [7, 11) is 0. The van der Waals surface area contributed by atoms with Crippen LogP contribution in [0.4, 0.5) is 0 Å². The predicted octanol–water partition coefficient (Wildman–Crippen LogP) is 2.36. The standard InChI is InChI=1S/C10H18O/c1-8(4-5-11)6-9-7-10(9,2)3/h4,9,11H,5-7H2,1-3H3/b8-4+. The van der Waals surface area contributed by atoms with Crippen LogP contribution < -0.4 is 0 Å². The van der Waals surface area contributed by atoms with E-state index in [-0.39, 0.29) is 6.61 Å². The molecule has 1 nitrogen and oxygen atoms in total. The van der Waals surface area contributed by atoms with Crippen LogP contribution in [0.3, 0.4) is 0 Å². The monoisotopic (exact) mass is 154 g/mol. The first kappa shape index (κ1) is 8.79. The Kier molecular flexibility index (Phi) is 2.38. The molecule has 0 aromatic heterocycles. The molecule has 1 rings (SSSR count). The van der Waals surface area contributed by atoms with Gasteiger partial charge in [-0.2, -0.15) is 0 Å². The lowest BCUT2D eigenvalue weighted by Crippen LogP contribution is -1.91. The average Bonchev–Trinajstić information content (AvgIpc) is 2.39. The Morgan fingerprint density at radius 2 is 2.18 bits per heavy atom. The Morgan fingerprint density at radius 3 is 2.55 bits per heavy atom. The van der Waals surface area contributed by atoms with E-state index in [9.17, 15) is 0 Å². The van der Waals surface area contributed by atoms with Crippen LogP contribution in [0.1, 0.15) is 33.6 Å². The van der Waals surface area contributed by atoms with Crippen molar-refractivity contribution in [3.05, 3.63) is 11.6 Å². The first-order chi connectivity index (χ1) is 5.06. The zero-order valence-corrected chi connectivity index (χ0v) is 7.72. The summed E-state index contributed by atoms with van der Waals surface area (Å²) >= 11 is 0. The Hall–Kier alpha value is -0.300. The molecule has 1 atom stereocenters. The highest BCUT2D eigenvalue weighted by atomic mass is 16.2. The van der Waals surface area contributed by atoms with E-state index in [2.05, 4.69) is 20.8 Å². The number of allylic oxidation sites excluding steroid dienone is 1. The second kappa shape index (κ2) is 2.98. The fourth-order valence-corrected chi connectivity index (χ4v) is 1.55. The van der Waals surface area contributed by atoms with Crippen molar-refractivity contribution in [1.29, 1.82) is 0 Å². The quantitative estimate of drug-likeness (QED) is 0.619. The fraction of sp³-hybridized carbons (Fsp3) is 0.800. The van der Waals surface area contributed by atoms with Crippen molar-refractivity contribution in [3.8, 4) is 0 Å². The number of aliphatic hydroxyl groups excluding tert-OH is 1. The third-order valence-electron chi connectivity index (χ3n) is 2.73. The molecular formula is C10H18O. The highest BCUT2D eigenvalue weighted by Crippen LogP contribution is 2.54. The molecule has 0 radical (unpaired) electrons. The van der Waals surface area contributed by atoms with Crippen LogP contribution in [0.5, 0.6) is 0 Å². The molecule has 1 heteroatoms. The maximum absolute atomic E-state index is 8.62. The van der Waals surface area contributed by atoms with Gasteiger partial charge in [-0.3, -0.25) is 0 Å². The molecule has 0 heterocycles. The van der Waals surface area contributed by atoms with Gasteiger partial charge in [0.1, 0.15) is 0 Å². The highest BCUT2D eigenvalue weighted by Gasteiger charge is 2.44. The van der Waals surface area contributed by atoms with Gasteiger partial charge in [0.05, 0.1) is 6.61 Å². The molecule has 1 unspecified atom stereocenters. The van der Waals surface area contributed by atoms with Gasteiger partial charge in [0.15, 0.2) is 0 Å². The largest absolute Gasteiger partial charge is 0.392 e. The van der Waals surface area contributed by atoms with Gasteiger partial charge in [-0.25, -0.2) is 0 Å². The third-order valence-corrected chi connectivity index (χ3v) is 2.73. The molecule has 0 aliphatic heterocycles. The lowest BCUT2D eigenvalue weighted by atomic mass is 10.0. The molecule has 1 aliphatic carbocycles. The molecule has 0 bridgehead atoms. The first-order valence-corrected chi connectivity index (χ1v) is 4.33. The van der Waals surface area contributed by atoms with Gasteiger partial charge < -0.3 is 5.11 Å². The fourth-order valence-electron chi connectivity index (χ4n) is 1.55. The Bertz CT molecular complexity index is 168. The Balaban J connectivity index is 2.29. The summed E-state index contributed by atoms with van der Waals surface area (Å²) in [6, 6.07) is 0. The molecule has 0 amide bonds. The molecule has 1 fully saturated rings. The maximum Gasteiger partial charge on any atom is 0.0614 e. The zero-order valence-electron chi connectivity index (χ0n) is 7.72. The molecular weight excluding hydrogens is 136 g/mol. The highest BCUT2D eigenvalue weighted by molar-refractivity contribution is 5.07. The lowest BCUT2D eigenvalue weighted by molar-refractivity contribution is 0.341. The van der Waals surface area contributed by atoms with Crippen LogP contribution in [-0.4, -0.2) is 11.7 Å². The van der Waals surface area contributed by atoms with Gasteiger partial charge in [-0.05, 0) is 31.1 Å². The second-order valence-corrected chi connectivity index (χ2v) is 4.33. The van der Waals surface area contributed by atoms with Gasteiger partial charge in [-0.1, -0.05) is 25.5 Å². The van der Waals surface area contributed by atoms with Crippen molar-refractivity contribution in [3.63, 3.8) is 0 Å². The van der Waals surface area contributed by atoms with Gasteiger partial charge >= 0.3 is 0 Å². The summed E-state index contributed by atoms with van der Waals surface area (Å²) in [6.07, 6.45) is 4.44. The topological polar surface area (TPSA) is 20.2 Å². The van der Waals surface area contributed by atoms with Crippen LogP contribution in [0, 0.1) is 11.3 Å². The zero-order chi connectivity index (χ0) is 8.48. The maximum atomic E-state index is 8.62. The smallest absolute Gasteiger partial charge is 0.0614 e. The SMILES string of the molecule is C/C(=C\CO)CC1CC1(C)C. The van der Waals surface area contributed by atoms with E-state index in [1.165, 1.54) is 18.4 Å². The minimum absolute atomic E-state index is 0.193. The van der Waals surface area contributed by atoms with Crippen molar-refractivity contribution in [1.82, 2.24) is 0 Å². The number of hydrogen-bond acceptors (Lipinski definition) is 1. The van der Waals surface area contributed by atoms with Crippen molar-refractivity contribution >= 4 is 0 Å². The van der Waals surface area contributed by atoms with E-state index in [0.717, 1.165) is 5.92 Å². The van der Waals surface area contributed by atoms with Gasteiger partial charge in [-0.15, -0.1) is 0 Å². The second-order valence-electron chi connectivity index (χ2n) is 4.33. The Morgan fingerprint density at radius 1 is 1.64 bits per heavy atom. The van der Waals surface area contributed by atoms with Crippen molar-refractivity contribution < 1.29 is 5.11 Å². The van der Waals surface area contributed by atoms with E-state index in [1.54, 1.807) is 0 Å². The van der Waals surface area contributed by atoms with Gasteiger partial charge in [0.2, 0.25) is 0 Å². The summed E-state index contributed by atoms with van der Waals surface area (Å²) < 4.78 is 0. The molecule has 0 saturated heterocycles. The summed E-state index contributed by atoms with van der Waals surface area (Å²) in [4.78, 5) is 0. The van der Waals surface area contributed by atoms with E-state index in [0.29, 0.717) is 5.41 Å². The van der Waals surface area contributed by atoms with Gasteiger partial charge in [0.25, 0.3) is 0 Å². The number of hydrogen-bond donors (Lipinski definition) is 1. The van der Waals surface area contributed by atoms with E-state index in [4.69, 9.17) is 5.11 Å². The van der Waals surface area contributed by atoms with E-state index in [1.807, 2.05) is 6.08 Å². The Labute approximate surface area is 69.1 Å². The van der Waals surface area contributed by atoms with Crippen LogP contribution in [-0.2, 0) is 0 Å². The summed E-state index contributed by atoms with van der Waals surface area (Å²) in [5.74, 6) is 0.866. The van der Waals surface area contributed by atoms with Crippen molar-refractivity contribution in [2.24, 2.45) is 11.3 Å². The summed E-state index contributed by atoms with van der Waals surface area (Å²) in [6.45, 7) is 6.91. The van der Waals surface area contributed by atoms with Crippen LogP contribution in [0.2, 0.25) is 0 Å². The molecule has 0 spiro atoms. The number of aliphatic hydroxyl groups is 1. The third kappa shape index (κ3) is 2.33. The molecule has 11 heavy (non-hydrogen) atoms. The molecule has 0 aromatic carbocycles. The summed E-state index contributed by atoms with van der Waals surface area (Å²) in [5, 5.41) is 8.62. The predicted molar refractivity (Wildman–Crippen MR) is 47.3 cm³/mol. The lowest BCUT2D eigenvalue weighted by Gasteiger charge is -2.02. The van der Waals surface area contributed by atoms with Gasteiger partial charge in [0, 0.05) is 0 Å². The minimum Gasteiger partial charge on any atom is -0.392 e. The van der Waals surface area contributed by atoms with Crippen molar-refractivity contribution in [2.75, 3.05) is 6.61 Å². The van der Waals surface area contributed by atoms with Crippen LogP contribution in [0.25, 0.3) is 0 Å². The molecule has 1 saturated carbocycles. The molecule has 64 valence electrons. The average molecular weight is 154 g/mol.